The van der Waals surface area contributed by atoms with Crippen molar-refractivity contribution in [3.8, 4) is 0 Å². The molecule has 17 heavy (non-hydrogen) atoms. The normalized spacial score (nSPS) is 14.9. The van der Waals surface area contributed by atoms with Gasteiger partial charge in [0, 0.05) is 32.3 Å². The van der Waals surface area contributed by atoms with Gasteiger partial charge < -0.3 is 10.1 Å². The highest BCUT2D eigenvalue weighted by Gasteiger charge is 2.14. The lowest BCUT2D eigenvalue weighted by atomic mass is 10.0. The molecule has 1 N–H and O–H groups in total. The third-order valence-corrected chi connectivity index (χ3v) is 3.07. The van der Waals surface area contributed by atoms with Crippen molar-refractivity contribution >= 4 is 0 Å². The molecule has 0 saturated carbocycles. The lowest BCUT2D eigenvalue weighted by molar-refractivity contribution is 0.100. The molecule has 0 radical (unpaired) electrons. The molecule has 0 saturated heterocycles. The lowest BCUT2D eigenvalue weighted by Crippen LogP contribution is -2.34. The third-order valence-electron chi connectivity index (χ3n) is 3.07. The Bertz CT molecular complexity index is 335. The number of hydrogen-bond acceptors (Lipinski definition) is 3. The van der Waals surface area contributed by atoms with E-state index in [0.717, 1.165) is 25.1 Å². The van der Waals surface area contributed by atoms with Gasteiger partial charge in [-0.05, 0) is 32.9 Å². The van der Waals surface area contributed by atoms with E-state index in [2.05, 4.69) is 30.3 Å². The molecule has 0 aliphatic heterocycles. The molecular weight excluding hydrogens is 214 g/mol. The fraction of sp³-hybridized carbons (Fsp3) is 0.769. The molecule has 1 rings (SSSR count). The van der Waals surface area contributed by atoms with E-state index in [1.54, 1.807) is 7.11 Å². The highest BCUT2D eigenvalue weighted by molar-refractivity contribution is 5.10. The van der Waals surface area contributed by atoms with Crippen molar-refractivity contribution in [2.24, 2.45) is 7.05 Å². The number of nitrogens with one attached hydrogen (secondary N) is 1. The maximum atomic E-state index is 5.34. The summed E-state index contributed by atoms with van der Waals surface area (Å²) < 4.78 is 7.31. The summed E-state index contributed by atoms with van der Waals surface area (Å²) in [5.41, 5.74) is 2.36. The maximum absolute atomic E-state index is 5.34. The zero-order valence-electron chi connectivity index (χ0n) is 11.7. The topological polar surface area (TPSA) is 39.1 Å². The van der Waals surface area contributed by atoms with E-state index in [1.807, 2.05) is 18.7 Å². The summed E-state index contributed by atoms with van der Waals surface area (Å²) in [6.07, 6.45) is 2.31. The van der Waals surface area contributed by atoms with Crippen LogP contribution in [-0.2, 0) is 18.2 Å². The molecule has 4 heteroatoms. The number of methoxy groups -OCH3 is 1. The van der Waals surface area contributed by atoms with Gasteiger partial charge >= 0.3 is 0 Å². The van der Waals surface area contributed by atoms with Crippen molar-refractivity contribution < 1.29 is 4.74 Å². The van der Waals surface area contributed by atoms with Gasteiger partial charge in [0.25, 0.3) is 0 Å². The smallest absolute Gasteiger partial charge is 0.0596 e. The molecule has 0 fully saturated rings. The maximum Gasteiger partial charge on any atom is 0.0596 e. The van der Waals surface area contributed by atoms with Gasteiger partial charge in [-0.1, -0.05) is 6.92 Å². The SMILES string of the molecule is CCNC(Cc1cc(C)nn1C)CC(C)OC. The number of likely N-dealkylation sites (N-methyl/N-ethyl adjacent to an activating group) is 1. The van der Waals surface area contributed by atoms with Crippen molar-refractivity contribution in [1.82, 2.24) is 15.1 Å². The number of nitrogens with zero attached hydrogens (tertiary/aromatic N) is 2. The summed E-state index contributed by atoms with van der Waals surface area (Å²) in [4.78, 5) is 0. The molecule has 2 atom stereocenters. The van der Waals surface area contributed by atoms with Crippen LogP contribution in [0.3, 0.4) is 0 Å². The van der Waals surface area contributed by atoms with Gasteiger partial charge in [0.2, 0.25) is 0 Å². The average Bonchev–Trinajstić information content (AvgIpc) is 2.57. The first-order valence-electron chi connectivity index (χ1n) is 6.32. The van der Waals surface area contributed by atoms with Crippen LogP contribution >= 0.6 is 0 Å². The molecule has 1 aromatic rings. The summed E-state index contributed by atoms with van der Waals surface area (Å²) in [6.45, 7) is 7.26. The first-order chi connectivity index (χ1) is 8.06. The van der Waals surface area contributed by atoms with Crippen LogP contribution in [0.5, 0.6) is 0 Å². The van der Waals surface area contributed by atoms with Crippen LogP contribution in [0.4, 0.5) is 0 Å². The van der Waals surface area contributed by atoms with Gasteiger partial charge in [-0.3, -0.25) is 4.68 Å². The summed E-state index contributed by atoms with van der Waals surface area (Å²) in [7, 11) is 3.77. The van der Waals surface area contributed by atoms with E-state index < -0.39 is 0 Å². The van der Waals surface area contributed by atoms with Crippen molar-refractivity contribution in [3.63, 3.8) is 0 Å². The van der Waals surface area contributed by atoms with Gasteiger partial charge in [0.05, 0.1) is 11.8 Å². The Morgan fingerprint density at radius 2 is 2.24 bits per heavy atom. The first kappa shape index (κ1) is 14.2. The molecule has 0 aromatic carbocycles. The number of aromatic nitrogens is 2. The van der Waals surface area contributed by atoms with Crippen molar-refractivity contribution in [2.75, 3.05) is 13.7 Å². The average molecular weight is 239 g/mol. The number of rotatable bonds is 7. The molecule has 1 heterocycles. The fourth-order valence-corrected chi connectivity index (χ4v) is 2.13. The van der Waals surface area contributed by atoms with Crippen LogP contribution in [-0.4, -0.2) is 35.6 Å². The monoisotopic (exact) mass is 239 g/mol. The van der Waals surface area contributed by atoms with E-state index in [-0.39, 0.29) is 6.10 Å². The van der Waals surface area contributed by atoms with Crippen LogP contribution in [0.25, 0.3) is 0 Å². The predicted octanol–water partition coefficient (Wildman–Crippen LogP) is 1.67. The van der Waals surface area contributed by atoms with E-state index in [9.17, 15) is 0 Å². The molecule has 98 valence electrons. The largest absolute Gasteiger partial charge is 0.382 e. The van der Waals surface area contributed by atoms with Crippen molar-refractivity contribution in [1.29, 1.82) is 0 Å². The molecule has 0 aliphatic rings. The van der Waals surface area contributed by atoms with Crippen LogP contribution in [0.1, 0.15) is 31.7 Å². The zero-order chi connectivity index (χ0) is 12.8. The fourth-order valence-electron chi connectivity index (χ4n) is 2.13. The van der Waals surface area contributed by atoms with Crippen LogP contribution in [0, 0.1) is 6.92 Å². The minimum Gasteiger partial charge on any atom is -0.382 e. The standard InChI is InChI=1S/C13H25N3O/c1-6-14-12(8-11(3)17-5)9-13-7-10(2)15-16(13)4/h7,11-12,14H,6,8-9H2,1-5H3. The predicted molar refractivity (Wildman–Crippen MR) is 70.2 cm³/mol. The Balaban J connectivity index is 2.62. The molecule has 0 spiro atoms. The molecule has 0 amide bonds. The lowest BCUT2D eigenvalue weighted by Gasteiger charge is -2.21. The van der Waals surface area contributed by atoms with Gasteiger partial charge in [-0.25, -0.2) is 0 Å². The second kappa shape index (κ2) is 6.77. The third kappa shape index (κ3) is 4.48. The van der Waals surface area contributed by atoms with Crippen LogP contribution in [0.2, 0.25) is 0 Å². The molecule has 0 aliphatic carbocycles. The number of ether oxygens (including phenoxy) is 1. The Labute approximate surface area is 104 Å². The number of aryl methyl sites for hydroxylation is 2. The summed E-state index contributed by atoms with van der Waals surface area (Å²) in [6, 6.07) is 2.60. The molecule has 0 bridgehead atoms. The van der Waals surface area contributed by atoms with E-state index >= 15 is 0 Å². The van der Waals surface area contributed by atoms with E-state index in [1.165, 1.54) is 5.69 Å². The molecule has 1 aromatic heterocycles. The van der Waals surface area contributed by atoms with Crippen LogP contribution < -0.4 is 5.32 Å². The van der Waals surface area contributed by atoms with Crippen molar-refractivity contribution in [2.45, 2.75) is 45.8 Å². The Kier molecular flexibility index (Phi) is 5.65. The summed E-state index contributed by atoms with van der Waals surface area (Å²) in [5.74, 6) is 0. The van der Waals surface area contributed by atoms with Gasteiger partial charge in [-0.2, -0.15) is 5.10 Å². The van der Waals surface area contributed by atoms with E-state index in [4.69, 9.17) is 4.74 Å². The van der Waals surface area contributed by atoms with Crippen LogP contribution in [0.15, 0.2) is 6.07 Å². The van der Waals surface area contributed by atoms with Crippen molar-refractivity contribution in [3.05, 3.63) is 17.5 Å². The van der Waals surface area contributed by atoms with E-state index in [0.29, 0.717) is 6.04 Å². The summed E-state index contributed by atoms with van der Waals surface area (Å²) >= 11 is 0. The molecule has 4 nitrogen and oxygen atoms in total. The summed E-state index contributed by atoms with van der Waals surface area (Å²) in [5, 5.41) is 7.89. The highest BCUT2D eigenvalue weighted by atomic mass is 16.5. The molecular formula is C13H25N3O. The van der Waals surface area contributed by atoms with Gasteiger partial charge in [-0.15, -0.1) is 0 Å². The Morgan fingerprint density at radius 1 is 1.53 bits per heavy atom. The van der Waals surface area contributed by atoms with Gasteiger partial charge in [0.15, 0.2) is 0 Å². The minimum absolute atomic E-state index is 0.286. The first-order valence-corrected chi connectivity index (χ1v) is 6.32. The second-order valence-corrected chi connectivity index (χ2v) is 4.64. The Morgan fingerprint density at radius 3 is 2.71 bits per heavy atom. The Hall–Kier alpha value is -0.870. The zero-order valence-corrected chi connectivity index (χ0v) is 11.7. The van der Waals surface area contributed by atoms with Gasteiger partial charge in [0.1, 0.15) is 0 Å². The molecule has 2 unspecified atom stereocenters. The second-order valence-electron chi connectivity index (χ2n) is 4.64. The number of hydrogen-bond donors (Lipinski definition) is 1. The quantitative estimate of drug-likeness (QED) is 0.787. The minimum atomic E-state index is 0.286. The highest BCUT2D eigenvalue weighted by Crippen LogP contribution is 2.10.